The standard InChI is InChI=1S/C13H17FN2O/c1-9-4-12-13(15-6-9)10(2)7-16(12)11(5-14)8-17-3/h4,6-7,11H,5,8H2,1-3H3/t11-/m0/s1. The van der Waals surface area contributed by atoms with Crippen LogP contribution < -0.4 is 0 Å². The van der Waals surface area contributed by atoms with E-state index in [0.29, 0.717) is 6.61 Å². The van der Waals surface area contributed by atoms with Gasteiger partial charge in [0.1, 0.15) is 6.67 Å². The van der Waals surface area contributed by atoms with E-state index >= 15 is 0 Å². The van der Waals surface area contributed by atoms with Crippen LogP contribution in [0.2, 0.25) is 0 Å². The fourth-order valence-electron chi connectivity index (χ4n) is 2.09. The first-order valence-corrected chi connectivity index (χ1v) is 5.66. The third kappa shape index (κ3) is 2.17. The maximum Gasteiger partial charge on any atom is 0.112 e. The number of hydrogen-bond acceptors (Lipinski definition) is 2. The van der Waals surface area contributed by atoms with E-state index in [9.17, 15) is 4.39 Å². The summed E-state index contributed by atoms with van der Waals surface area (Å²) in [6.45, 7) is 3.90. The highest BCUT2D eigenvalue weighted by atomic mass is 19.1. The van der Waals surface area contributed by atoms with Gasteiger partial charge in [0.05, 0.1) is 23.7 Å². The van der Waals surface area contributed by atoms with E-state index < -0.39 is 6.67 Å². The molecule has 0 bridgehead atoms. The highest BCUT2D eigenvalue weighted by molar-refractivity contribution is 5.80. The predicted molar refractivity (Wildman–Crippen MR) is 66.1 cm³/mol. The van der Waals surface area contributed by atoms with Crippen molar-refractivity contribution in [2.75, 3.05) is 20.4 Å². The lowest BCUT2D eigenvalue weighted by Gasteiger charge is -2.15. The Morgan fingerprint density at radius 1 is 1.47 bits per heavy atom. The van der Waals surface area contributed by atoms with Crippen molar-refractivity contribution in [3.63, 3.8) is 0 Å². The third-order valence-electron chi connectivity index (χ3n) is 2.92. The van der Waals surface area contributed by atoms with Gasteiger partial charge in [0, 0.05) is 19.5 Å². The summed E-state index contributed by atoms with van der Waals surface area (Å²) in [6, 6.07) is 1.76. The minimum Gasteiger partial charge on any atom is -0.382 e. The molecule has 2 aromatic rings. The highest BCUT2D eigenvalue weighted by Crippen LogP contribution is 2.23. The van der Waals surface area contributed by atoms with Gasteiger partial charge >= 0.3 is 0 Å². The molecule has 0 N–H and O–H groups in total. The lowest BCUT2D eigenvalue weighted by Crippen LogP contribution is -2.15. The summed E-state index contributed by atoms with van der Waals surface area (Å²) in [5, 5.41) is 0. The molecule has 0 aliphatic carbocycles. The van der Waals surface area contributed by atoms with Gasteiger partial charge in [-0.3, -0.25) is 4.98 Å². The summed E-state index contributed by atoms with van der Waals surface area (Å²) in [4.78, 5) is 4.39. The van der Waals surface area contributed by atoms with E-state index in [0.717, 1.165) is 22.2 Å². The van der Waals surface area contributed by atoms with Crippen molar-refractivity contribution in [3.05, 3.63) is 29.6 Å². The molecule has 0 amide bonds. The Labute approximate surface area is 100 Å². The molecule has 2 rings (SSSR count). The minimum atomic E-state index is -0.439. The molecule has 3 nitrogen and oxygen atoms in total. The number of ether oxygens (including phenoxy) is 1. The van der Waals surface area contributed by atoms with Crippen molar-refractivity contribution in [2.45, 2.75) is 19.9 Å². The number of alkyl halides is 1. The largest absolute Gasteiger partial charge is 0.382 e. The Morgan fingerprint density at radius 3 is 2.88 bits per heavy atom. The molecule has 2 aromatic heterocycles. The molecule has 92 valence electrons. The fraction of sp³-hybridized carbons (Fsp3) is 0.462. The topological polar surface area (TPSA) is 27.1 Å². The monoisotopic (exact) mass is 236 g/mol. The van der Waals surface area contributed by atoms with Crippen molar-refractivity contribution in [2.24, 2.45) is 0 Å². The van der Waals surface area contributed by atoms with Gasteiger partial charge < -0.3 is 9.30 Å². The van der Waals surface area contributed by atoms with Crippen LogP contribution in [0, 0.1) is 13.8 Å². The molecule has 0 radical (unpaired) electrons. The Morgan fingerprint density at radius 2 is 2.24 bits per heavy atom. The number of aryl methyl sites for hydroxylation is 2. The zero-order chi connectivity index (χ0) is 12.4. The molecule has 17 heavy (non-hydrogen) atoms. The summed E-state index contributed by atoms with van der Waals surface area (Å²) in [5.41, 5.74) is 4.05. The molecule has 1 atom stereocenters. The molecule has 0 aliphatic rings. The second-order valence-corrected chi connectivity index (χ2v) is 4.36. The highest BCUT2D eigenvalue weighted by Gasteiger charge is 2.15. The SMILES string of the molecule is COC[C@H](CF)n1cc(C)c2ncc(C)cc21. The molecule has 0 aliphatic heterocycles. The van der Waals surface area contributed by atoms with Crippen LogP contribution in [0.5, 0.6) is 0 Å². The molecule has 0 unspecified atom stereocenters. The summed E-state index contributed by atoms with van der Waals surface area (Å²) < 4.78 is 20.0. The molecular weight excluding hydrogens is 219 g/mol. The Bertz CT molecular complexity index is 521. The molecule has 0 aromatic carbocycles. The maximum absolute atomic E-state index is 13.0. The van der Waals surface area contributed by atoms with Gasteiger partial charge in [0.2, 0.25) is 0 Å². The van der Waals surface area contributed by atoms with E-state index in [1.165, 1.54) is 0 Å². The van der Waals surface area contributed by atoms with Gasteiger partial charge in [-0.1, -0.05) is 0 Å². The molecule has 0 saturated heterocycles. The summed E-state index contributed by atoms with van der Waals surface area (Å²) in [5.74, 6) is 0. The van der Waals surface area contributed by atoms with Gasteiger partial charge in [-0.25, -0.2) is 4.39 Å². The van der Waals surface area contributed by atoms with Gasteiger partial charge in [0.15, 0.2) is 0 Å². The van der Waals surface area contributed by atoms with E-state index in [-0.39, 0.29) is 6.04 Å². The predicted octanol–water partition coefficient (Wildman–Crippen LogP) is 2.81. The molecule has 0 saturated carbocycles. The minimum absolute atomic E-state index is 0.278. The van der Waals surface area contributed by atoms with E-state index in [1.54, 1.807) is 7.11 Å². The normalized spacial score (nSPS) is 13.2. The first-order valence-electron chi connectivity index (χ1n) is 5.66. The van der Waals surface area contributed by atoms with Crippen molar-refractivity contribution in [1.82, 2.24) is 9.55 Å². The van der Waals surface area contributed by atoms with Crippen molar-refractivity contribution in [3.8, 4) is 0 Å². The van der Waals surface area contributed by atoms with Crippen molar-refractivity contribution in [1.29, 1.82) is 0 Å². The Hall–Kier alpha value is -1.42. The fourth-order valence-corrected chi connectivity index (χ4v) is 2.09. The average Bonchev–Trinajstić information content (AvgIpc) is 2.63. The zero-order valence-electron chi connectivity index (χ0n) is 10.4. The van der Waals surface area contributed by atoms with E-state index in [2.05, 4.69) is 4.98 Å². The molecular formula is C13H17FN2O. The number of rotatable bonds is 4. The molecule has 0 fully saturated rings. The van der Waals surface area contributed by atoms with E-state index in [4.69, 9.17) is 4.74 Å². The second kappa shape index (κ2) is 4.84. The van der Waals surface area contributed by atoms with Crippen LogP contribution in [0.1, 0.15) is 17.2 Å². The van der Waals surface area contributed by atoms with Crippen LogP contribution in [0.4, 0.5) is 4.39 Å². The third-order valence-corrected chi connectivity index (χ3v) is 2.92. The van der Waals surface area contributed by atoms with Gasteiger partial charge in [-0.2, -0.15) is 0 Å². The van der Waals surface area contributed by atoms with Crippen molar-refractivity contribution < 1.29 is 9.13 Å². The lowest BCUT2D eigenvalue weighted by atomic mass is 10.2. The van der Waals surface area contributed by atoms with Crippen LogP contribution in [-0.2, 0) is 4.74 Å². The van der Waals surface area contributed by atoms with Gasteiger partial charge in [0.25, 0.3) is 0 Å². The Kier molecular flexibility index (Phi) is 3.43. The quantitative estimate of drug-likeness (QED) is 0.816. The van der Waals surface area contributed by atoms with E-state index in [1.807, 2.05) is 36.9 Å². The van der Waals surface area contributed by atoms with Crippen molar-refractivity contribution >= 4 is 11.0 Å². The summed E-state index contributed by atoms with van der Waals surface area (Å²) in [7, 11) is 1.59. The lowest BCUT2D eigenvalue weighted by molar-refractivity contribution is 0.142. The van der Waals surface area contributed by atoms with Crippen LogP contribution >= 0.6 is 0 Å². The summed E-state index contributed by atoms with van der Waals surface area (Å²) in [6.07, 6.45) is 3.78. The smallest absolute Gasteiger partial charge is 0.112 e. The number of aromatic nitrogens is 2. The van der Waals surface area contributed by atoms with Gasteiger partial charge in [-0.15, -0.1) is 0 Å². The van der Waals surface area contributed by atoms with Crippen LogP contribution in [0.25, 0.3) is 11.0 Å². The number of halogens is 1. The summed E-state index contributed by atoms with van der Waals surface area (Å²) >= 11 is 0. The molecule has 0 spiro atoms. The van der Waals surface area contributed by atoms with Crippen LogP contribution in [0.3, 0.4) is 0 Å². The molecule has 2 heterocycles. The van der Waals surface area contributed by atoms with Crippen LogP contribution in [-0.4, -0.2) is 29.9 Å². The molecule has 4 heteroatoms. The second-order valence-electron chi connectivity index (χ2n) is 4.36. The number of methoxy groups -OCH3 is 1. The zero-order valence-corrected chi connectivity index (χ0v) is 10.4. The maximum atomic E-state index is 13.0. The Balaban J connectivity index is 2.56. The number of nitrogens with zero attached hydrogens (tertiary/aromatic N) is 2. The first kappa shape index (κ1) is 12.0. The first-order chi connectivity index (χ1) is 8.17. The van der Waals surface area contributed by atoms with Gasteiger partial charge in [-0.05, 0) is 31.0 Å². The van der Waals surface area contributed by atoms with Crippen LogP contribution in [0.15, 0.2) is 18.5 Å². The number of fused-ring (bicyclic) bond motifs is 1. The number of pyridine rings is 1. The number of hydrogen-bond donors (Lipinski definition) is 0. The average molecular weight is 236 g/mol.